The third kappa shape index (κ3) is 6.16. The first-order valence-corrected chi connectivity index (χ1v) is 9.00. The Labute approximate surface area is 143 Å². The van der Waals surface area contributed by atoms with E-state index in [2.05, 4.69) is 32.7 Å². The molecule has 0 aliphatic carbocycles. The van der Waals surface area contributed by atoms with Crippen LogP contribution in [0.2, 0.25) is 0 Å². The van der Waals surface area contributed by atoms with Crippen LogP contribution in [0.4, 0.5) is 0 Å². The van der Waals surface area contributed by atoms with E-state index in [4.69, 9.17) is 0 Å². The van der Waals surface area contributed by atoms with Crippen molar-refractivity contribution >= 4 is 5.91 Å². The molecular weight excluding hydrogens is 308 g/mol. The number of carbonyl (C=O) groups is 1. The normalized spacial score (nSPS) is 17.8. The molecule has 8 heteroatoms. The Balaban J connectivity index is 1.70. The zero-order valence-corrected chi connectivity index (χ0v) is 14.8. The first kappa shape index (κ1) is 18.8. The second-order valence-corrected chi connectivity index (χ2v) is 6.75. The van der Waals surface area contributed by atoms with Crippen LogP contribution in [0.1, 0.15) is 51.8 Å². The van der Waals surface area contributed by atoms with Crippen molar-refractivity contribution in [3.8, 4) is 0 Å². The molecule has 1 saturated heterocycles. The van der Waals surface area contributed by atoms with Crippen molar-refractivity contribution in [1.29, 1.82) is 0 Å². The predicted molar refractivity (Wildman–Crippen MR) is 90.0 cm³/mol. The van der Waals surface area contributed by atoms with Gasteiger partial charge in [-0.25, -0.2) is 4.68 Å². The van der Waals surface area contributed by atoms with E-state index < -0.39 is 6.10 Å². The summed E-state index contributed by atoms with van der Waals surface area (Å²) in [5.41, 5.74) is 0. The van der Waals surface area contributed by atoms with E-state index in [0.717, 1.165) is 31.4 Å². The topological polar surface area (TPSA) is 96.2 Å². The van der Waals surface area contributed by atoms with Gasteiger partial charge in [-0.1, -0.05) is 13.8 Å². The summed E-state index contributed by atoms with van der Waals surface area (Å²) in [6, 6.07) is 0. The fourth-order valence-electron chi connectivity index (χ4n) is 2.78. The van der Waals surface area contributed by atoms with Gasteiger partial charge in [0.1, 0.15) is 0 Å². The molecule has 136 valence electrons. The Morgan fingerprint density at radius 2 is 2.17 bits per heavy atom. The molecule has 8 nitrogen and oxygen atoms in total. The predicted octanol–water partition coefficient (Wildman–Crippen LogP) is 0.572. The highest BCUT2D eigenvalue weighted by molar-refractivity contribution is 5.75. The van der Waals surface area contributed by atoms with Crippen LogP contribution >= 0.6 is 0 Å². The molecule has 24 heavy (non-hydrogen) atoms. The van der Waals surface area contributed by atoms with Gasteiger partial charge in [-0.2, -0.15) is 0 Å². The summed E-state index contributed by atoms with van der Waals surface area (Å²) in [5.74, 6) is 1.63. The highest BCUT2D eigenvalue weighted by Crippen LogP contribution is 2.17. The first-order chi connectivity index (χ1) is 11.6. The molecule has 1 fully saturated rings. The van der Waals surface area contributed by atoms with Crippen molar-refractivity contribution in [2.45, 2.75) is 65.1 Å². The fourth-order valence-corrected chi connectivity index (χ4v) is 2.78. The maximum Gasteiger partial charge on any atom is 0.220 e. The molecule has 1 aliphatic heterocycles. The molecule has 0 saturated carbocycles. The lowest BCUT2D eigenvalue weighted by atomic mass is 9.99. The number of amides is 1. The molecule has 1 aromatic heterocycles. The van der Waals surface area contributed by atoms with Crippen molar-refractivity contribution in [3.05, 3.63) is 5.82 Å². The Kier molecular flexibility index (Phi) is 7.58. The van der Waals surface area contributed by atoms with Crippen molar-refractivity contribution in [1.82, 2.24) is 30.4 Å². The maximum absolute atomic E-state index is 11.7. The number of hydrogen-bond donors (Lipinski definition) is 2. The molecule has 1 amide bonds. The second-order valence-electron chi connectivity index (χ2n) is 6.75. The number of tetrazole rings is 1. The van der Waals surface area contributed by atoms with E-state index in [1.165, 1.54) is 12.8 Å². The number of aromatic nitrogens is 4. The molecule has 2 heterocycles. The number of nitrogens with zero attached hydrogens (tertiary/aromatic N) is 5. The van der Waals surface area contributed by atoms with Gasteiger partial charge in [0, 0.05) is 19.5 Å². The summed E-state index contributed by atoms with van der Waals surface area (Å²) in [7, 11) is 0. The van der Waals surface area contributed by atoms with Crippen LogP contribution in [0, 0.1) is 5.92 Å². The standard InChI is InChI=1S/C16H30N6O2/c1-3-14(23)11-17-16(24)5-4-8-22-15(18-19-20-22)12-21-9-6-13(2)7-10-21/h13-14,23H,3-12H2,1-2H3,(H,17,24)/t14-/m0/s1. The van der Waals surface area contributed by atoms with Crippen LogP contribution in [0.15, 0.2) is 0 Å². The van der Waals surface area contributed by atoms with Crippen LogP contribution in [-0.2, 0) is 17.9 Å². The van der Waals surface area contributed by atoms with E-state index in [0.29, 0.717) is 32.4 Å². The van der Waals surface area contributed by atoms with E-state index >= 15 is 0 Å². The number of carbonyl (C=O) groups excluding carboxylic acids is 1. The molecule has 0 radical (unpaired) electrons. The summed E-state index contributed by atoms with van der Waals surface area (Å²) >= 11 is 0. The number of rotatable bonds is 9. The minimum absolute atomic E-state index is 0.0397. The van der Waals surface area contributed by atoms with Crippen LogP contribution in [-0.4, -0.2) is 61.9 Å². The van der Waals surface area contributed by atoms with Crippen LogP contribution in [0.25, 0.3) is 0 Å². The van der Waals surface area contributed by atoms with E-state index in [9.17, 15) is 9.90 Å². The Morgan fingerprint density at radius 1 is 1.42 bits per heavy atom. The molecule has 0 spiro atoms. The van der Waals surface area contributed by atoms with E-state index in [-0.39, 0.29) is 5.91 Å². The zero-order chi connectivity index (χ0) is 17.4. The number of nitrogens with one attached hydrogen (secondary N) is 1. The monoisotopic (exact) mass is 338 g/mol. The van der Waals surface area contributed by atoms with Gasteiger partial charge in [-0.05, 0) is 55.1 Å². The van der Waals surface area contributed by atoms with Gasteiger partial charge < -0.3 is 10.4 Å². The largest absolute Gasteiger partial charge is 0.391 e. The number of aliphatic hydroxyl groups is 1. The number of likely N-dealkylation sites (tertiary alicyclic amines) is 1. The van der Waals surface area contributed by atoms with Crippen LogP contribution in [0.3, 0.4) is 0 Å². The molecule has 1 aromatic rings. The average molecular weight is 338 g/mol. The summed E-state index contributed by atoms with van der Waals surface area (Å²) < 4.78 is 1.80. The van der Waals surface area contributed by atoms with Crippen LogP contribution < -0.4 is 5.32 Å². The number of aryl methyl sites for hydroxylation is 1. The molecule has 2 rings (SSSR count). The Bertz CT molecular complexity index is 499. The number of aliphatic hydroxyl groups excluding tert-OH is 1. The van der Waals surface area contributed by atoms with Gasteiger partial charge in [-0.3, -0.25) is 9.69 Å². The third-order valence-electron chi connectivity index (χ3n) is 4.63. The molecule has 2 N–H and O–H groups in total. The molecule has 0 bridgehead atoms. The lowest BCUT2D eigenvalue weighted by molar-refractivity contribution is -0.121. The van der Waals surface area contributed by atoms with Crippen molar-refractivity contribution in [2.24, 2.45) is 5.92 Å². The average Bonchev–Trinajstić information content (AvgIpc) is 3.02. The van der Waals surface area contributed by atoms with Crippen LogP contribution in [0.5, 0.6) is 0 Å². The summed E-state index contributed by atoms with van der Waals surface area (Å²) in [4.78, 5) is 14.1. The number of piperidine rings is 1. The van der Waals surface area contributed by atoms with Gasteiger partial charge >= 0.3 is 0 Å². The Morgan fingerprint density at radius 3 is 2.88 bits per heavy atom. The molecule has 1 aliphatic rings. The van der Waals surface area contributed by atoms with Gasteiger partial charge in [0.15, 0.2) is 5.82 Å². The van der Waals surface area contributed by atoms with Gasteiger partial charge in [0.05, 0.1) is 12.6 Å². The van der Waals surface area contributed by atoms with Gasteiger partial charge in [0.25, 0.3) is 0 Å². The minimum atomic E-state index is -0.465. The first-order valence-electron chi connectivity index (χ1n) is 9.00. The van der Waals surface area contributed by atoms with Gasteiger partial charge in [0.2, 0.25) is 5.91 Å². The lowest BCUT2D eigenvalue weighted by Crippen LogP contribution is -2.33. The highest BCUT2D eigenvalue weighted by Gasteiger charge is 2.18. The number of hydrogen-bond acceptors (Lipinski definition) is 6. The van der Waals surface area contributed by atoms with E-state index in [1.54, 1.807) is 4.68 Å². The fraction of sp³-hybridized carbons (Fsp3) is 0.875. The maximum atomic E-state index is 11.7. The molecule has 0 unspecified atom stereocenters. The minimum Gasteiger partial charge on any atom is -0.391 e. The van der Waals surface area contributed by atoms with Crippen molar-refractivity contribution in [3.63, 3.8) is 0 Å². The zero-order valence-electron chi connectivity index (χ0n) is 14.8. The summed E-state index contributed by atoms with van der Waals surface area (Å²) in [6.07, 6.45) is 3.73. The Hall–Kier alpha value is -1.54. The SMILES string of the molecule is CC[C@H](O)CNC(=O)CCCn1nnnc1CN1CCC(C)CC1. The molecule has 0 aromatic carbocycles. The van der Waals surface area contributed by atoms with Crippen molar-refractivity contribution < 1.29 is 9.90 Å². The summed E-state index contributed by atoms with van der Waals surface area (Å²) in [6.45, 7) is 8.10. The molecule has 1 atom stereocenters. The van der Waals surface area contributed by atoms with E-state index in [1.807, 2.05) is 6.92 Å². The molecular formula is C16H30N6O2. The summed E-state index contributed by atoms with van der Waals surface area (Å²) in [5, 5.41) is 24.1. The van der Waals surface area contributed by atoms with Crippen molar-refractivity contribution in [2.75, 3.05) is 19.6 Å². The quantitative estimate of drug-likeness (QED) is 0.683. The smallest absolute Gasteiger partial charge is 0.220 e. The van der Waals surface area contributed by atoms with Gasteiger partial charge in [-0.15, -0.1) is 5.10 Å². The second kappa shape index (κ2) is 9.68. The highest BCUT2D eigenvalue weighted by atomic mass is 16.3. The lowest BCUT2D eigenvalue weighted by Gasteiger charge is -2.29. The third-order valence-corrected chi connectivity index (χ3v) is 4.63.